The lowest BCUT2D eigenvalue weighted by molar-refractivity contribution is 0.0206. The van der Waals surface area contributed by atoms with Gasteiger partial charge in [0, 0.05) is 12.6 Å². The highest BCUT2D eigenvalue weighted by atomic mass is 16.7. The van der Waals surface area contributed by atoms with Gasteiger partial charge in [-0.15, -0.1) is 0 Å². The summed E-state index contributed by atoms with van der Waals surface area (Å²) in [6, 6.07) is 6.50. The van der Waals surface area contributed by atoms with Crippen molar-refractivity contribution in [3.8, 4) is 5.75 Å². The van der Waals surface area contributed by atoms with Crippen molar-refractivity contribution in [2.75, 3.05) is 7.05 Å². The fourth-order valence-corrected chi connectivity index (χ4v) is 1.71. The van der Waals surface area contributed by atoms with Crippen LogP contribution >= 0.6 is 0 Å². The molecule has 0 radical (unpaired) electrons. The van der Waals surface area contributed by atoms with Crippen molar-refractivity contribution in [3.05, 3.63) is 29.8 Å². The van der Waals surface area contributed by atoms with E-state index in [1.54, 1.807) is 72.9 Å². The summed E-state index contributed by atoms with van der Waals surface area (Å²) in [5.41, 5.74) is -0.588. The Morgan fingerprint density at radius 1 is 0.920 bits per heavy atom. The third kappa shape index (κ3) is 8.19. The molecule has 0 saturated carbocycles. The quantitative estimate of drug-likeness (QED) is 0.378. The summed E-state index contributed by atoms with van der Waals surface area (Å²) in [5.74, 6) is 0.670. The van der Waals surface area contributed by atoms with Crippen molar-refractivity contribution in [2.45, 2.75) is 52.7 Å². The summed E-state index contributed by atoms with van der Waals surface area (Å²) in [5, 5.41) is 2.59. The molecule has 0 fully saturated rings. The van der Waals surface area contributed by atoms with Gasteiger partial charge in [-0.3, -0.25) is 10.3 Å². The number of amidine groups is 1. The number of rotatable bonds is 2. The number of hydrogen-bond donors (Lipinski definition) is 1. The number of carbonyl (C=O) groups is 2. The summed E-state index contributed by atoms with van der Waals surface area (Å²) in [4.78, 5) is 27.5. The summed E-state index contributed by atoms with van der Waals surface area (Å²) < 4.78 is 15.4. The smallest absolute Gasteiger partial charge is 0.444 e. The monoisotopic (exact) mass is 350 g/mol. The second-order valence-corrected chi connectivity index (χ2v) is 7.29. The van der Waals surface area contributed by atoms with Crippen molar-refractivity contribution >= 4 is 18.1 Å². The van der Waals surface area contributed by atoms with Crippen LogP contribution in [0.3, 0.4) is 0 Å². The SMILES string of the molecule is CN=C(NC(=O)OC(C)(C)C)c1ccc(OC(=O)OC(C)(C)C)cc1. The minimum absolute atomic E-state index is 0.325. The lowest BCUT2D eigenvalue weighted by Crippen LogP contribution is -2.36. The first kappa shape index (κ1) is 20.5. The van der Waals surface area contributed by atoms with Gasteiger partial charge in [0.05, 0.1) is 0 Å². The zero-order valence-corrected chi connectivity index (χ0v) is 15.8. The van der Waals surface area contributed by atoms with Crippen LogP contribution in [0.4, 0.5) is 9.59 Å². The molecule has 1 N–H and O–H groups in total. The number of nitrogens with one attached hydrogen (secondary N) is 1. The zero-order valence-electron chi connectivity index (χ0n) is 15.8. The number of carbonyl (C=O) groups excluding carboxylic acids is 2. The topological polar surface area (TPSA) is 86.2 Å². The zero-order chi connectivity index (χ0) is 19.3. The van der Waals surface area contributed by atoms with Crippen LogP contribution in [0.15, 0.2) is 29.3 Å². The van der Waals surface area contributed by atoms with Gasteiger partial charge >= 0.3 is 12.2 Å². The molecule has 0 atom stereocenters. The number of amides is 1. The Kier molecular flexibility index (Phi) is 6.55. The number of ether oxygens (including phenoxy) is 3. The fraction of sp³-hybridized carbons (Fsp3) is 0.500. The third-order valence-electron chi connectivity index (χ3n) is 2.56. The van der Waals surface area contributed by atoms with E-state index in [1.165, 1.54) is 0 Å². The van der Waals surface area contributed by atoms with Gasteiger partial charge in [0.25, 0.3) is 0 Å². The van der Waals surface area contributed by atoms with E-state index in [4.69, 9.17) is 14.2 Å². The van der Waals surface area contributed by atoms with Crippen LogP contribution in [0, 0.1) is 0 Å². The van der Waals surface area contributed by atoms with E-state index in [0.29, 0.717) is 17.1 Å². The Morgan fingerprint density at radius 2 is 1.44 bits per heavy atom. The summed E-state index contributed by atoms with van der Waals surface area (Å²) >= 11 is 0. The molecule has 7 heteroatoms. The van der Waals surface area contributed by atoms with Crippen molar-refractivity contribution in [1.29, 1.82) is 0 Å². The normalized spacial score (nSPS) is 12.4. The number of hydrogen-bond acceptors (Lipinski definition) is 6. The lowest BCUT2D eigenvalue weighted by atomic mass is 10.2. The molecule has 138 valence electrons. The molecule has 0 aromatic heterocycles. The minimum atomic E-state index is -0.781. The van der Waals surface area contributed by atoms with Crippen molar-refractivity contribution in [2.24, 2.45) is 4.99 Å². The predicted molar refractivity (Wildman–Crippen MR) is 95.1 cm³/mol. The molecule has 0 unspecified atom stereocenters. The molecule has 0 aliphatic heterocycles. The van der Waals surface area contributed by atoms with Crippen LogP contribution in [0.25, 0.3) is 0 Å². The van der Waals surface area contributed by atoms with E-state index in [-0.39, 0.29) is 0 Å². The first-order valence-corrected chi connectivity index (χ1v) is 7.88. The van der Waals surface area contributed by atoms with Crippen LogP contribution in [-0.4, -0.2) is 36.3 Å². The molecule has 0 spiro atoms. The van der Waals surface area contributed by atoms with E-state index < -0.39 is 23.5 Å². The van der Waals surface area contributed by atoms with Crippen molar-refractivity contribution in [1.82, 2.24) is 5.32 Å². The summed E-state index contributed by atoms with van der Waals surface area (Å²) in [7, 11) is 1.55. The largest absolute Gasteiger partial charge is 0.514 e. The fourth-order valence-electron chi connectivity index (χ4n) is 1.71. The second-order valence-electron chi connectivity index (χ2n) is 7.29. The van der Waals surface area contributed by atoms with Gasteiger partial charge in [-0.05, 0) is 65.8 Å². The molecular weight excluding hydrogens is 324 g/mol. The van der Waals surface area contributed by atoms with Gasteiger partial charge in [0.15, 0.2) is 0 Å². The number of alkyl carbamates (subject to hydrolysis) is 1. The molecular formula is C18H26N2O5. The first-order chi connectivity index (χ1) is 11.4. The van der Waals surface area contributed by atoms with Gasteiger partial charge in [-0.25, -0.2) is 9.59 Å². The van der Waals surface area contributed by atoms with Gasteiger partial charge in [0.2, 0.25) is 0 Å². The predicted octanol–water partition coefficient (Wildman–Crippen LogP) is 3.90. The van der Waals surface area contributed by atoms with E-state index in [9.17, 15) is 9.59 Å². The average molecular weight is 350 g/mol. The van der Waals surface area contributed by atoms with Gasteiger partial charge < -0.3 is 14.2 Å². The summed E-state index contributed by atoms with van der Waals surface area (Å²) in [6.45, 7) is 10.6. The highest BCUT2D eigenvalue weighted by Crippen LogP contribution is 2.16. The molecule has 0 saturated heterocycles. The van der Waals surface area contributed by atoms with Crippen LogP contribution in [-0.2, 0) is 9.47 Å². The summed E-state index contributed by atoms with van der Waals surface area (Å²) in [6.07, 6.45) is -1.38. The maximum Gasteiger partial charge on any atom is 0.514 e. The standard InChI is InChI=1S/C18H26N2O5/c1-17(2,3)24-15(21)20-14(19-7)12-8-10-13(11-9-12)23-16(22)25-18(4,5)6/h8-11H,1-7H3,(H,19,20,21). The molecule has 0 aliphatic rings. The Bertz CT molecular complexity index is 637. The van der Waals surface area contributed by atoms with E-state index >= 15 is 0 Å². The maximum atomic E-state index is 11.8. The maximum absolute atomic E-state index is 11.8. The Hall–Kier alpha value is -2.57. The lowest BCUT2D eigenvalue weighted by Gasteiger charge is -2.20. The van der Waals surface area contributed by atoms with Crippen molar-refractivity contribution in [3.63, 3.8) is 0 Å². The molecule has 7 nitrogen and oxygen atoms in total. The highest BCUT2D eigenvalue weighted by Gasteiger charge is 2.19. The van der Waals surface area contributed by atoms with E-state index in [1.807, 2.05) is 0 Å². The first-order valence-electron chi connectivity index (χ1n) is 7.88. The van der Waals surface area contributed by atoms with Crippen LogP contribution in [0.2, 0.25) is 0 Å². The molecule has 0 heterocycles. The van der Waals surface area contributed by atoms with Crippen LogP contribution < -0.4 is 10.1 Å². The Balaban J connectivity index is 2.73. The van der Waals surface area contributed by atoms with Crippen molar-refractivity contribution < 1.29 is 23.8 Å². The molecule has 0 bridgehead atoms. The molecule has 1 aromatic rings. The van der Waals surface area contributed by atoms with Gasteiger partial charge in [-0.1, -0.05) is 0 Å². The van der Waals surface area contributed by atoms with Crippen LogP contribution in [0.1, 0.15) is 47.1 Å². The number of nitrogens with zero attached hydrogens (tertiary/aromatic N) is 1. The van der Waals surface area contributed by atoms with E-state index in [2.05, 4.69) is 10.3 Å². The van der Waals surface area contributed by atoms with Crippen LogP contribution in [0.5, 0.6) is 5.75 Å². The second kappa shape index (κ2) is 8.00. The molecule has 0 aliphatic carbocycles. The molecule has 1 aromatic carbocycles. The number of benzene rings is 1. The molecule has 1 rings (SSSR count). The number of aliphatic imine (C=N–C) groups is 1. The van der Waals surface area contributed by atoms with E-state index in [0.717, 1.165) is 0 Å². The Labute approximate surface area is 148 Å². The third-order valence-corrected chi connectivity index (χ3v) is 2.56. The molecule has 25 heavy (non-hydrogen) atoms. The highest BCUT2D eigenvalue weighted by molar-refractivity contribution is 6.06. The van der Waals surface area contributed by atoms with Gasteiger partial charge in [-0.2, -0.15) is 0 Å². The molecule has 1 amide bonds. The average Bonchev–Trinajstić information content (AvgIpc) is 2.41. The Morgan fingerprint density at radius 3 is 1.88 bits per heavy atom. The minimum Gasteiger partial charge on any atom is -0.444 e. The van der Waals surface area contributed by atoms with Gasteiger partial charge in [0.1, 0.15) is 22.8 Å².